The highest BCUT2D eigenvalue weighted by atomic mass is 16.5. The smallest absolute Gasteiger partial charge is 0.257 e. The van der Waals surface area contributed by atoms with Crippen LogP contribution < -0.4 is 15.4 Å². The zero-order valence-corrected chi connectivity index (χ0v) is 14.6. The number of nitrogens with one attached hydrogen (secondary N) is 2. The van der Waals surface area contributed by atoms with Gasteiger partial charge in [-0.1, -0.05) is 31.2 Å². The number of carbonyl (C=O) groups excluding carboxylic acids is 2. The summed E-state index contributed by atoms with van der Waals surface area (Å²) in [6.45, 7) is 3.71. The molecule has 0 radical (unpaired) electrons. The van der Waals surface area contributed by atoms with Crippen molar-refractivity contribution in [3.8, 4) is 5.75 Å². The van der Waals surface area contributed by atoms with Crippen molar-refractivity contribution in [2.45, 2.75) is 20.3 Å². The van der Waals surface area contributed by atoms with E-state index in [2.05, 4.69) is 10.6 Å². The molecule has 0 saturated carbocycles. The van der Waals surface area contributed by atoms with Crippen LogP contribution in [0.5, 0.6) is 5.75 Å². The molecule has 2 rings (SSSR count). The van der Waals surface area contributed by atoms with Gasteiger partial charge in [0.25, 0.3) is 11.8 Å². The number of amides is 2. The Morgan fingerprint density at radius 1 is 1.08 bits per heavy atom. The summed E-state index contributed by atoms with van der Waals surface area (Å²) in [6, 6.07) is 14.0. The molecule has 2 aromatic rings. The first kappa shape index (κ1) is 18.3. The molecule has 2 amide bonds. The van der Waals surface area contributed by atoms with Crippen molar-refractivity contribution in [1.82, 2.24) is 0 Å². The average Bonchev–Trinajstić information content (AvgIpc) is 2.62. The Morgan fingerprint density at radius 3 is 2.56 bits per heavy atom. The topological polar surface area (TPSA) is 67.4 Å². The van der Waals surface area contributed by atoms with E-state index in [0.29, 0.717) is 28.3 Å². The van der Waals surface area contributed by atoms with E-state index < -0.39 is 0 Å². The van der Waals surface area contributed by atoms with E-state index in [1.165, 1.54) is 0 Å². The number of allylic oxidation sites excluding steroid dienone is 1. The summed E-state index contributed by atoms with van der Waals surface area (Å²) in [6.07, 6.45) is 2.62. The zero-order valence-electron chi connectivity index (χ0n) is 14.6. The Kier molecular flexibility index (Phi) is 6.34. The van der Waals surface area contributed by atoms with Crippen LogP contribution in [-0.4, -0.2) is 18.9 Å². The normalized spacial score (nSPS) is 10.9. The van der Waals surface area contributed by atoms with E-state index in [0.717, 1.165) is 6.42 Å². The fourth-order valence-corrected chi connectivity index (χ4v) is 2.31. The van der Waals surface area contributed by atoms with E-state index in [4.69, 9.17) is 4.74 Å². The molecule has 0 bridgehead atoms. The fraction of sp³-hybridized carbons (Fsp3) is 0.200. The van der Waals surface area contributed by atoms with E-state index >= 15 is 0 Å². The molecular formula is C20H22N2O3. The molecule has 0 aliphatic carbocycles. The standard InChI is InChI=1S/C20H22N2O3/c1-4-8-14(2)19(23)22-18-12-6-5-11-17(18)20(24)21-15-9-7-10-16(13-15)25-3/h5-13H,4H2,1-3H3,(H,21,24)(H,22,23). The SMILES string of the molecule is CCC=C(C)C(=O)Nc1ccccc1C(=O)Nc1cccc(OC)c1. The van der Waals surface area contributed by atoms with Gasteiger partial charge in [-0.3, -0.25) is 9.59 Å². The van der Waals surface area contributed by atoms with Crippen LogP contribution in [0.15, 0.2) is 60.2 Å². The molecule has 0 aromatic heterocycles. The number of methoxy groups -OCH3 is 1. The summed E-state index contributed by atoms with van der Waals surface area (Å²) in [4.78, 5) is 24.8. The fourth-order valence-electron chi connectivity index (χ4n) is 2.31. The first-order chi connectivity index (χ1) is 12.0. The lowest BCUT2D eigenvalue weighted by Crippen LogP contribution is -2.18. The second-order valence-electron chi connectivity index (χ2n) is 5.48. The lowest BCUT2D eigenvalue weighted by atomic mass is 10.1. The summed E-state index contributed by atoms with van der Waals surface area (Å²) >= 11 is 0. The highest BCUT2D eigenvalue weighted by Gasteiger charge is 2.14. The molecule has 130 valence electrons. The molecule has 25 heavy (non-hydrogen) atoms. The summed E-state index contributed by atoms with van der Waals surface area (Å²) < 4.78 is 5.15. The Balaban J connectivity index is 2.20. The van der Waals surface area contributed by atoms with E-state index in [1.54, 1.807) is 62.6 Å². The van der Waals surface area contributed by atoms with E-state index in [9.17, 15) is 9.59 Å². The third kappa shape index (κ3) is 4.94. The monoisotopic (exact) mass is 338 g/mol. The second kappa shape index (κ2) is 8.68. The Labute approximate surface area is 147 Å². The number of benzene rings is 2. The van der Waals surface area contributed by atoms with Crippen molar-refractivity contribution >= 4 is 23.2 Å². The average molecular weight is 338 g/mol. The van der Waals surface area contributed by atoms with Crippen molar-refractivity contribution in [2.24, 2.45) is 0 Å². The molecule has 0 unspecified atom stereocenters. The van der Waals surface area contributed by atoms with Gasteiger partial charge in [-0.25, -0.2) is 0 Å². The lowest BCUT2D eigenvalue weighted by molar-refractivity contribution is -0.112. The molecule has 0 spiro atoms. The summed E-state index contributed by atoms with van der Waals surface area (Å²) in [7, 11) is 1.57. The van der Waals surface area contributed by atoms with Crippen LogP contribution in [0.1, 0.15) is 30.6 Å². The number of carbonyl (C=O) groups is 2. The van der Waals surface area contributed by atoms with Crippen LogP contribution in [0.25, 0.3) is 0 Å². The number of anilines is 2. The quantitative estimate of drug-likeness (QED) is 0.774. The van der Waals surface area contributed by atoms with Crippen LogP contribution >= 0.6 is 0 Å². The Bertz CT molecular complexity index is 797. The number of rotatable bonds is 6. The van der Waals surface area contributed by atoms with Crippen LogP contribution in [0.4, 0.5) is 11.4 Å². The number of hydrogen-bond donors (Lipinski definition) is 2. The molecule has 0 aliphatic rings. The van der Waals surface area contributed by atoms with Crippen LogP contribution in [0, 0.1) is 0 Å². The van der Waals surface area contributed by atoms with Gasteiger partial charge in [0.1, 0.15) is 5.75 Å². The van der Waals surface area contributed by atoms with Gasteiger partial charge in [-0.05, 0) is 37.6 Å². The maximum absolute atomic E-state index is 12.6. The number of para-hydroxylation sites is 1. The van der Waals surface area contributed by atoms with Crippen molar-refractivity contribution in [3.63, 3.8) is 0 Å². The molecule has 0 atom stereocenters. The molecule has 5 nitrogen and oxygen atoms in total. The van der Waals surface area contributed by atoms with Gasteiger partial charge in [0.2, 0.25) is 0 Å². The maximum atomic E-state index is 12.6. The minimum Gasteiger partial charge on any atom is -0.497 e. The lowest BCUT2D eigenvalue weighted by Gasteiger charge is -2.12. The third-order valence-corrected chi connectivity index (χ3v) is 3.62. The van der Waals surface area contributed by atoms with Gasteiger partial charge < -0.3 is 15.4 Å². The predicted molar refractivity (Wildman–Crippen MR) is 100 cm³/mol. The summed E-state index contributed by atoms with van der Waals surface area (Å²) in [5.41, 5.74) is 2.10. The third-order valence-electron chi connectivity index (χ3n) is 3.62. The number of ether oxygens (including phenoxy) is 1. The Morgan fingerprint density at radius 2 is 1.84 bits per heavy atom. The highest BCUT2D eigenvalue weighted by molar-refractivity contribution is 6.12. The molecule has 5 heteroatoms. The predicted octanol–water partition coefficient (Wildman–Crippen LogP) is 4.24. The van der Waals surface area contributed by atoms with Gasteiger partial charge in [0, 0.05) is 17.3 Å². The molecule has 0 heterocycles. The van der Waals surface area contributed by atoms with Crippen LogP contribution in [0.2, 0.25) is 0 Å². The molecule has 0 saturated heterocycles. The largest absolute Gasteiger partial charge is 0.497 e. The number of hydrogen-bond acceptors (Lipinski definition) is 3. The molecule has 0 fully saturated rings. The molecule has 2 aromatic carbocycles. The highest BCUT2D eigenvalue weighted by Crippen LogP contribution is 2.21. The van der Waals surface area contributed by atoms with Crippen LogP contribution in [0.3, 0.4) is 0 Å². The first-order valence-corrected chi connectivity index (χ1v) is 8.07. The van der Waals surface area contributed by atoms with Gasteiger partial charge in [-0.2, -0.15) is 0 Å². The second-order valence-corrected chi connectivity index (χ2v) is 5.48. The summed E-state index contributed by atoms with van der Waals surface area (Å²) in [5, 5.41) is 5.61. The van der Waals surface area contributed by atoms with Crippen molar-refractivity contribution in [2.75, 3.05) is 17.7 Å². The first-order valence-electron chi connectivity index (χ1n) is 8.07. The van der Waals surface area contributed by atoms with E-state index in [-0.39, 0.29) is 11.8 Å². The minimum absolute atomic E-state index is 0.219. The van der Waals surface area contributed by atoms with Crippen molar-refractivity contribution in [3.05, 3.63) is 65.7 Å². The van der Waals surface area contributed by atoms with Gasteiger partial charge in [0.05, 0.1) is 18.4 Å². The molecule has 2 N–H and O–H groups in total. The van der Waals surface area contributed by atoms with Gasteiger partial charge in [0.15, 0.2) is 0 Å². The summed E-state index contributed by atoms with van der Waals surface area (Å²) in [5.74, 6) is 0.129. The van der Waals surface area contributed by atoms with Crippen molar-refractivity contribution < 1.29 is 14.3 Å². The van der Waals surface area contributed by atoms with Gasteiger partial charge >= 0.3 is 0 Å². The molecular weight excluding hydrogens is 316 g/mol. The minimum atomic E-state index is -0.304. The zero-order chi connectivity index (χ0) is 18.2. The van der Waals surface area contributed by atoms with Crippen LogP contribution in [-0.2, 0) is 4.79 Å². The molecule has 0 aliphatic heterocycles. The van der Waals surface area contributed by atoms with Crippen molar-refractivity contribution in [1.29, 1.82) is 0 Å². The Hall–Kier alpha value is -3.08. The maximum Gasteiger partial charge on any atom is 0.257 e. The van der Waals surface area contributed by atoms with E-state index in [1.807, 2.05) is 13.0 Å². The van der Waals surface area contributed by atoms with Gasteiger partial charge in [-0.15, -0.1) is 0 Å².